The van der Waals surface area contributed by atoms with E-state index < -0.39 is 0 Å². The molecule has 2 heteroatoms. The second kappa shape index (κ2) is 4.08. The predicted molar refractivity (Wildman–Crippen MR) is 20.5 cm³/mol. The summed E-state index contributed by atoms with van der Waals surface area (Å²) in [6, 6.07) is 0. The first-order valence-corrected chi connectivity index (χ1v) is 1.32. The Bertz CT molecular complexity index is 63.6. The summed E-state index contributed by atoms with van der Waals surface area (Å²) >= 11 is 0. The van der Waals surface area contributed by atoms with Gasteiger partial charge in [0, 0.05) is 0 Å². The molecule has 6 heavy (non-hydrogen) atoms. The molecule has 0 saturated heterocycles. The molecule has 0 rings (SSSR count). The molecule has 0 bridgehead atoms. The lowest BCUT2D eigenvalue weighted by atomic mass is 10.6. The van der Waals surface area contributed by atoms with Crippen molar-refractivity contribution in [2.75, 3.05) is 0 Å². The minimum absolute atomic E-state index is 0.951. The molecule has 0 aliphatic heterocycles. The van der Waals surface area contributed by atoms with E-state index in [4.69, 9.17) is 0 Å². The van der Waals surface area contributed by atoms with Gasteiger partial charge in [-0.25, -0.2) is 0 Å². The van der Waals surface area contributed by atoms with Gasteiger partial charge in [-0.05, 0) is 12.2 Å². The molecule has 0 heterocycles. The molecule has 0 saturated carbocycles. The Balaban J connectivity index is 3.17. The third-order valence-electron chi connectivity index (χ3n) is 0.219. The van der Waals surface area contributed by atoms with Gasteiger partial charge in [0.15, 0.2) is 0 Å². The average molecular weight is 82.1 g/mol. The molecule has 0 amide bonds. The molecule has 0 aliphatic carbocycles. The fraction of sp³-hybridized carbons (Fsp3) is 0. The zero-order chi connectivity index (χ0) is 4.83. The minimum Gasteiger partial charge on any atom is -0.286 e. The molecule has 0 aromatic carbocycles. The normalized spacial score (nSPS) is 8.67. The lowest BCUT2D eigenvalue weighted by Gasteiger charge is -1.49. The zero-order valence-corrected chi connectivity index (χ0v) is 2.97. The topological polar surface area (TPSA) is 34.1 Å². The maximum atomic E-state index is 9.17. The van der Waals surface area contributed by atoms with Crippen molar-refractivity contribution in [2.24, 2.45) is 0 Å². The van der Waals surface area contributed by atoms with Crippen LogP contribution in [0.15, 0.2) is 12.2 Å². The van der Waals surface area contributed by atoms with Crippen molar-refractivity contribution < 1.29 is 9.59 Å². The van der Waals surface area contributed by atoms with Crippen molar-refractivity contribution in [1.29, 1.82) is 0 Å². The maximum Gasteiger partial charge on any atom is 0.225 e. The van der Waals surface area contributed by atoms with Crippen LogP contribution in [0.5, 0.6) is 0 Å². The smallest absolute Gasteiger partial charge is 0.225 e. The van der Waals surface area contributed by atoms with E-state index in [-0.39, 0.29) is 0 Å². The quantitative estimate of drug-likeness (QED) is 0.431. The highest BCUT2D eigenvalue weighted by atomic mass is 16.1. The van der Waals surface area contributed by atoms with Gasteiger partial charge in [0.1, 0.15) is 0 Å². The van der Waals surface area contributed by atoms with Gasteiger partial charge in [-0.3, -0.25) is 9.59 Å². The van der Waals surface area contributed by atoms with Gasteiger partial charge >= 0.3 is 0 Å². The summed E-state index contributed by atoms with van der Waals surface area (Å²) < 4.78 is 0. The highest BCUT2D eigenvalue weighted by Crippen LogP contribution is 1.53. The number of hydrogen-bond acceptors (Lipinski definition) is 2. The summed E-state index contributed by atoms with van der Waals surface area (Å²) in [6.45, 7) is 0. The summed E-state index contributed by atoms with van der Waals surface area (Å²) in [5, 5.41) is 0. The number of hydrogen-bond donors (Lipinski definition) is 0. The summed E-state index contributed by atoms with van der Waals surface area (Å²) in [7, 11) is 0. The van der Waals surface area contributed by atoms with E-state index >= 15 is 0 Å². The van der Waals surface area contributed by atoms with Crippen LogP contribution in [0.3, 0.4) is 0 Å². The fourth-order valence-electron chi connectivity index (χ4n) is 0.0680. The third-order valence-corrected chi connectivity index (χ3v) is 0.219. The largest absolute Gasteiger partial charge is 0.286 e. The van der Waals surface area contributed by atoms with Crippen LogP contribution in [0, 0.1) is 0 Å². The molecule has 0 fully saturated rings. The second-order valence-electron chi connectivity index (χ2n) is 0.569. The van der Waals surface area contributed by atoms with Crippen molar-refractivity contribution in [3.05, 3.63) is 12.2 Å². The molecule has 0 aromatic heterocycles. The van der Waals surface area contributed by atoms with Crippen LogP contribution in [0.4, 0.5) is 0 Å². The molecule has 30 valence electrons. The van der Waals surface area contributed by atoms with E-state index in [2.05, 4.69) is 0 Å². The van der Waals surface area contributed by atoms with Gasteiger partial charge in [0.25, 0.3) is 0 Å². The van der Waals surface area contributed by atoms with E-state index in [0.717, 1.165) is 12.2 Å². The predicted octanol–water partition coefficient (Wildman–Crippen LogP) is -0.238. The minimum atomic E-state index is 0.951. The van der Waals surface area contributed by atoms with Crippen LogP contribution in [0.2, 0.25) is 0 Å². The lowest BCUT2D eigenvalue weighted by molar-refractivity contribution is 0.561. The van der Waals surface area contributed by atoms with Crippen LogP contribution in [0.25, 0.3) is 0 Å². The van der Waals surface area contributed by atoms with E-state index in [9.17, 15) is 9.59 Å². The zero-order valence-electron chi connectivity index (χ0n) is 2.97. The Labute approximate surface area is 35.5 Å². The molecule has 2 nitrogen and oxygen atoms in total. The molecule has 0 aromatic rings. The Kier molecular flexibility index (Phi) is 3.45. The van der Waals surface area contributed by atoms with Crippen molar-refractivity contribution in [2.45, 2.75) is 0 Å². The van der Waals surface area contributed by atoms with Gasteiger partial charge in [0.05, 0.1) is 0 Å². The first-order valence-electron chi connectivity index (χ1n) is 1.32. The van der Waals surface area contributed by atoms with Crippen molar-refractivity contribution in [1.82, 2.24) is 0 Å². The Morgan fingerprint density at radius 3 is 1.50 bits per heavy atom. The van der Waals surface area contributed by atoms with E-state index in [1.807, 2.05) is 0 Å². The maximum absolute atomic E-state index is 9.17. The van der Waals surface area contributed by atoms with Gasteiger partial charge < -0.3 is 0 Å². The Hall–Kier alpha value is -0.920. The molecular weight excluding hydrogens is 80.0 g/mol. The SMILES string of the molecule is O=[C]/C=C\[C]=O. The number of allylic oxidation sites excluding steroid dienone is 2. The number of rotatable bonds is 2. The van der Waals surface area contributed by atoms with Crippen LogP contribution >= 0.6 is 0 Å². The van der Waals surface area contributed by atoms with Gasteiger partial charge in [-0.15, -0.1) is 0 Å². The Morgan fingerprint density at radius 1 is 1.00 bits per heavy atom. The molecule has 0 spiro atoms. The first-order chi connectivity index (χ1) is 2.91. The molecule has 0 atom stereocenters. The average Bonchev–Trinajstić information content (AvgIpc) is 1.61. The summed E-state index contributed by atoms with van der Waals surface area (Å²) in [4.78, 5) is 18.3. The highest BCUT2D eigenvalue weighted by molar-refractivity contribution is 5.76. The molecule has 0 unspecified atom stereocenters. The van der Waals surface area contributed by atoms with Crippen molar-refractivity contribution >= 4 is 12.6 Å². The standard InChI is InChI=1S/C4H2O2/c5-3-1-2-4-6/h1-2H/b2-1-. The second-order valence-corrected chi connectivity index (χ2v) is 0.569. The Morgan fingerprint density at radius 2 is 1.33 bits per heavy atom. The summed E-state index contributed by atoms with van der Waals surface area (Å²) in [5.41, 5.74) is 0. The van der Waals surface area contributed by atoms with E-state index in [0.29, 0.717) is 0 Å². The van der Waals surface area contributed by atoms with Crippen LogP contribution in [-0.4, -0.2) is 12.6 Å². The monoisotopic (exact) mass is 82.0 g/mol. The first kappa shape index (κ1) is 5.08. The highest BCUT2D eigenvalue weighted by Gasteiger charge is 1.60. The van der Waals surface area contributed by atoms with Gasteiger partial charge in [-0.1, -0.05) is 0 Å². The van der Waals surface area contributed by atoms with Crippen molar-refractivity contribution in [3.8, 4) is 0 Å². The van der Waals surface area contributed by atoms with E-state index in [1.165, 1.54) is 12.6 Å². The third kappa shape index (κ3) is 3.08. The molecule has 2 radical (unpaired) electrons. The number of carbonyl (C=O) groups excluding carboxylic acids is 2. The van der Waals surface area contributed by atoms with E-state index in [1.54, 1.807) is 0 Å². The van der Waals surface area contributed by atoms with Crippen LogP contribution < -0.4 is 0 Å². The van der Waals surface area contributed by atoms with Gasteiger partial charge in [-0.2, -0.15) is 0 Å². The molecule has 0 aliphatic rings. The lowest BCUT2D eigenvalue weighted by Crippen LogP contribution is -1.59. The van der Waals surface area contributed by atoms with Crippen molar-refractivity contribution in [3.63, 3.8) is 0 Å². The molecule has 0 N–H and O–H groups in total. The summed E-state index contributed by atoms with van der Waals surface area (Å²) in [5.74, 6) is 0. The fourth-order valence-corrected chi connectivity index (χ4v) is 0.0680. The van der Waals surface area contributed by atoms with Gasteiger partial charge in [0.2, 0.25) is 12.6 Å². The van der Waals surface area contributed by atoms with Crippen LogP contribution in [0.1, 0.15) is 0 Å². The summed E-state index contributed by atoms with van der Waals surface area (Å²) in [6.07, 6.45) is 4.65. The molecular formula is C4H2O2. The van der Waals surface area contributed by atoms with Crippen LogP contribution in [-0.2, 0) is 9.59 Å².